The van der Waals surface area contributed by atoms with Crippen molar-refractivity contribution in [3.8, 4) is 0 Å². The zero-order chi connectivity index (χ0) is 24.7. The molecule has 0 radical (unpaired) electrons. The number of primary amides is 1. The van der Waals surface area contributed by atoms with E-state index in [2.05, 4.69) is 5.32 Å². The molecule has 3 amide bonds. The number of aliphatic hydroxyl groups is 1. The number of thioether (sulfide) groups is 1. The predicted molar refractivity (Wildman–Crippen MR) is 131 cm³/mol. The van der Waals surface area contributed by atoms with Gasteiger partial charge in [0.2, 0.25) is 17.7 Å². The molecule has 4 aliphatic rings. The van der Waals surface area contributed by atoms with E-state index in [1.807, 2.05) is 16.7 Å². The van der Waals surface area contributed by atoms with Crippen LogP contribution in [0.3, 0.4) is 0 Å². The minimum atomic E-state index is -1.14. The number of hydrogen-bond acceptors (Lipinski definition) is 8. The normalized spacial score (nSPS) is 32.0. The Bertz CT molecular complexity index is 917. The zero-order valence-electron chi connectivity index (χ0n) is 19.9. The van der Waals surface area contributed by atoms with Crippen molar-refractivity contribution in [2.45, 2.75) is 50.1 Å². The van der Waals surface area contributed by atoms with Gasteiger partial charge in [-0.05, 0) is 19.8 Å². The maximum Gasteiger partial charge on any atom is 0.353 e. The van der Waals surface area contributed by atoms with Gasteiger partial charge in [-0.25, -0.2) is 4.79 Å². The first-order valence-electron chi connectivity index (χ1n) is 11.8. The van der Waals surface area contributed by atoms with Gasteiger partial charge in [0.1, 0.15) is 5.70 Å². The van der Waals surface area contributed by atoms with E-state index in [9.17, 15) is 29.4 Å². The fourth-order valence-electron chi connectivity index (χ4n) is 5.63. The standard InChI is InChI=1S/C22H33N5O6S.ClH/c1-11-17-16(12(2)28)21(31)27(17)18(22(32)33)19(11)34-13-8-14(24-9-13)20(30)26-5-3-4-25(6-7-26)10-15(23)29;/h11-14,16-17,24,28H,3-10H2,1-2H3,(H2,23,29)(H,32,33);1H/t11-,12-,13+,14+,16-,17-;/m1./s1. The third kappa shape index (κ3) is 5.31. The van der Waals surface area contributed by atoms with Gasteiger partial charge in [0.25, 0.3) is 0 Å². The maximum atomic E-state index is 13.1. The van der Waals surface area contributed by atoms with Crippen molar-refractivity contribution in [3.63, 3.8) is 0 Å². The number of hydrogen-bond donors (Lipinski definition) is 4. The van der Waals surface area contributed by atoms with Crippen molar-refractivity contribution in [3.05, 3.63) is 10.6 Å². The van der Waals surface area contributed by atoms with Gasteiger partial charge in [0.05, 0.1) is 30.7 Å². The highest BCUT2D eigenvalue weighted by Gasteiger charge is 2.60. The highest BCUT2D eigenvalue weighted by atomic mass is 35.5. The van der Waals surface area contributed by atoms with Gasteiger partial charge in [0, 0.05) is 48.8 Å². The number of halogens is 1. The number of carboxylic acids is 1. The molecule has 11 nitrogen and oxygen atoms in total. The molecule has 0 unspecified atom stereocenters. The Morgan fingerprint density at radius 1 is 1.23 bits per heavy atom. The Morgan fingerprint density at radius 3 is 2.57 bits per heavy atom. The van der Waals surface area contributed by atoms with E-state index in [0.717, 1.165) is 13.0 Å². The maximum absolute atomic E-state index is 13.1. The summed E-state index contributed by atoms with van der Waals surface area (Å²) in [7, 11) is 0. The van der Waals surface area contributed by atoms with Crippen molar-refractivity contribution < 1.29 is 29.4 Å². The number of amides is 3. The lowest BCUT2D eigenvalue weighted by molar-refractivity contribution is -0.163. The van der Waals surface area contributed by atoms with E-state index < -0.39 is 18.0 Å². The number of carbonyl (C=O) groups excluding carboxylic acids is 3. The van der Waals surface area contributed by atoms with Crippen molar-refractivity contribution in [1.29, 1.82) is 0 Å². The van der Waals surface area contributed by atoms with Crippen LogP contribution in [0.2, 0.25) is 0 Å². The zero-order valence-corrected chi connectivity index (χ0v) is 21.5. The lowest BCUT2D eigenvalue weighted by atomic mass is 9.79. The van der Waals surface area contributed by atoms with Crippen molar-refractivity contribution in [2.75, 3.05) is 39.3 Å². The summed E-state index contributed by atoms with van der Waals surface area (Å²) in [4.78, 5) is 54.6. The van der Waals surface area contributed by atoms with Gasteiger partial charge in [-0.1, -0.05) is 6.92 Å². The molecule has 13 heteroatoms. The SMILES string of the molecule is C[C@@H](O)[C@H]1C(=O)N2C(C(=O)O)=C(S[C@@H]3CN[C@H](C(=O)N4CCCN(CC(N)=O)CC4)C3)[C@H](C)[C@H]12.Cl. The molecule has 3 saturated heterocycles. The molecule has 5 N–H and O–H groups in total. The van der Waals surface area contributed by atoms with Crippen molar-refractivity contribution in [2.24, 2.45) is 17.6 Å². The average Bonchev–Trinajstić information content (AvgIpc) is 3.22. The number of fused-ring (bicyclic) bond motifs is 1. The highest BCUT2D eigenvalue weighted by Crippen LogP contribution is 2.51. The topological polar surface area (TPSA) is 157 Å². The number of carbonyl (C=O) groups is 4. The van der Waals surface area contributed by atoms with E-state index in [0.29, 0.717) is 37.5 Å². The largest absolute Gasteiger partial charge is 0.477 e. The number of nitrogens with zero attached hydrogens (tertiary/aromatic N) is 3. The minimum Gasteiger partial charge on any atom is -0.477 e. The lowest BCUT2D eigenvalue weighted by Crippen LogP contribution is -2.63. The third-order valence-electron chi connectivity index (χ3n) is 7.27. The second-order valence-electron chi connectivity index (χ2n) is 9.63. The number of nitrogens with two attached hydrogens (primary N) is 1. The number of aliphatic hydroxyl groups excluding tert-OH is 1. The van der Waals surface area contributed by atoms with Gasteiger partial charge in [-0.2, -0.15) is 0 Å². The van der Waals surface area contributed by atoms with E-state index >= 15 is 0 Å². The second-order valence-corrected chi connectivity index (χ2v) is 11.0. The fourth-order valence-corrected chi connectivity index (χ4v) is 7.11. The molecule has 4 rings (SSSR count). The Balaban J connectivity index is 0.00000342. The highest BCUT2D eigenvalue weighted by molar-refractivity contribution is 8.03. The molecule has 0 aromatic rings. The number of β-lactam (4-membered cyclic amide) rings is 1. The van der Waals surface area contributed by atoms with E-state index in [1.54, 1.807) is 6.92 Å². The van der Waals surface area contributed by atoms with E-state index in [1.165, 1.54) is 16.7 Å². The summed E-state index contributed by atoms with van der Waals surface area (Å²) in [6.07, 6.45) is 0.497. The number of rotatable bonds is 7. The van der Waals surface area contributed by atoms with Crippen molar-refractivity contribution >= 4 is 47.9 Å². The van der Waals surface area contributed by atoms with Crippen LogP contribution in [0.1, 0.15) is 26.7 Å². The van der Waals surface area contributed by atoms with Crippen LogP contribution in [0.5, 0.6) is 0 Å². The molecular weight excluding hydrogens is 498 g/mol. The number of nitrogens with one attached hydrogen (secondary N) is 1. The third-order valence-corrected chi connectivity index (χ3v) is 8.78. The molecule has 0 spiro atoms. The Hall–Kier alpha value is -1.86. The van der Waals surface area contributed by atoms with Crippen LogP contribution in [-0.2, 0) is 19.2 Å². The summed E-state index contributed by atoms with van der Waals surface area (Å²) in [5, 5.41) is 23.1. The molecular formula is C22H34ClN5O6S. The molecule has 0 saturated carbocycles. The molecule has 196 valence electrons. The molecule has 4 aliphatic heterocycles. The van der Waals surface area contributed by atoms with Crippen molar-refractivity contribution in [1.82, 2.24) is 20.0 Å². The summed E-state index contributed by atoms with van der Waals surface area (Å²) in [6, 6.07) is -0.692. The van der Waals surface area contributed by atoms with Crippen LogP contribution in [0.25, 0.3) is 0 Å². The molecule has 3 fully saturated rings. The smallest absolute Gasteiger partial charge is 0.353 e. The summed E-state index contributed by atoms with van der Waals surface area (Å²) < 4.78 is 0. The van der Waals surface area contributed by atoms with E-state index in [-0.39, 0.29) is 65.6 Å². The molecule has 4 heterocycles. The quantitative estimate of drug-likeness (QED) is 0.304. The molecule has 0 aliphatic carbocycles. The summed E-state index contributed by atoms with van der Waals surface area (Å²) in [6.45, 7) is 6.69. The Kier molecular flexibility index (Phi) is 8.74. The van der Waals surface area contributed by atoms with Crippen LogP contribution in [0.4, 0.5) is 0 Å². The first-order valence-corrected chi connectivity index (χ1v) is 12.7. The van der Waals surface area contributed by atoms with Gasteiger partial charge in [0.15, 0.2) is 0 Å². The van der Waals surface area contributed by atoms with Crippen LogP contribution >= 0.6 is 24.2 Å². The van der Waals surface area contributed by atoms with Gasteiger partial charge in [-0.15, -0.1) is 24.2 Å². The monoisotopic (exact) mass is 531 g/mol. The van der Waals surface area contributed by atoms with Crippen LogP contribution in [0.15, 0.2) is 10.6 Å². The fraction of sp³-hybridized carbons (Fsp3) is 0.727. The lowest BCUT2D eigenvalue weighted by Gasteiger charge is -2.46. The minimum absolute atomic E-state index is 0. The predicted octanol–water partition coefficient (Wildman–Crippen LogP) is -0.955. The number of aliphatic carboxylic acids is 1. The first-order chi connectivity index (χ1) is 16.1. The molecule has 0 aromatic carbocycles. The second kappa shape index (κ2) is 11.0. The van der Waals surface area contributed by atoms with Gasteiger partial charge in [-0.3, -0.25) is 19.3 Å². The van der Waals surface area contributed by atoms with Crippen LogP contribution in [-0.4, -0.2) is 111 Å². The van der Waals surface area contributed by atoms with Crippen LogP contribution in [0, 0.1) is 11.8 Å². The molecule has 0 aromatic heterocycles. The van der Waals surface area contributed by atoms with Gasteiger partial charge >= 0.3 is 5.97 Å². The first kappa shape index (κ1) is 27.7. The molecule has 6 atom stereocenters. The number of carboxylic acid groups (broad SMARTS) is 1. The Labute approximate surface area is 214 Å². The Morgan fingerprint density at radius 2 is 1.94 bits per heavy atom. The summed E-state index contributed by atoms with van der Waals surface area (Å²) >= 11 is 1.43. The average molecular weight is 532 g/mol. The van der Waals surface area contributed by atoms with Gasteiger partial charge < -0.3 is 31.1 Å². The summed E-state index contributed by atoms with van der Waals surface area (Å²) in [5.74, 6) is -2.62. The summed E-state index contributed by atoms with van der Waals surface area (Å²) in [5.41, 5.74) is 5.31. The van der Waals surface area contributed by atoms with Crippen LogP contribution < -0.4 is 11.1 Å². The molecule has 0 bridgehead atoms. The molecule has 35 heavy (non-hydrogen) atoms. The van der Waals surface area contributed by atoms with E-state index in [4.69, 9.17) is 5.73 Å².